The van der Waals surface area contributed by atoms with E-state index in [1.807, 2.05) is 0 Å². The molecule has 0 amide bonds. The summed E-state index contributed by atoms with van der Waals surface area (Å²) in [5.41, 5.74) is 2.11. The second kappa shape index (κ2) is 8.50. The molecule has 0 atom stereocenters. The minimum Gasteiger partial charge on any atom is -0.383 e. The fourth-order valence-corrected chi connectivity index (χ4v) is 2.38. The van der Waals surface area contributed by atoms with E-state index in [9.17, 15) is 4.39 Å². The molecule has 0 saturated carbocycles. The second-order valence-electron chi connectivity index (χ2n) is 5.26. The number of hydrogen-bond acceptors (Lipinski definition) is 7. The van der Waals surface area contributed by atoms with Crippen LogP contribution < -0.4 is 10.6 Å². The Morgan fingerprint density at radius 1 is 1.19 bits per heavy atom. The first-order valence-electron chi connectivity index (χ1n) is 7.74. The van der Waals surface area contributed by atoms with Crippen LogP contribution in [0.25, 0.3) is 11.1 Å². The van der Waals surface area contributed by atoms with E-state index in [-0.39, 0.29) is 5.02 Å². The number of anilines is 3. The van der Waals surface area contributed by atoms with Crippen molar-refractivity contribution in [2.45, 2.75) is 0 Å². The third-order valence-corrected chi connectivity index (χ3v) is 3.72. The third-order valence-electron chi connectivity index (χ3n) is 3.43. The average Bonchev–Trinajstić information content (AvgIpc) is 2.66. The van der Waals surface area contributed by atoms with Gasteiger partial charge in [-0.2, -0.15) is 4.98 Å². The molecule has 1 aromatic carbocycles. The van der Waals surface area contributed by atoms with Gasteiger partial charge in [0, 0.05) is 49.1 Å². The number of rotatable bonds is 7. The zero-order valence-electron chi connectivity index (χ0n) is 13.9. The molecule has 3 rings (SSSR count). The molecule has 9 heteroatoms. The fraction of sp³-hybridized carbons (Fsp3) is 0.176. The molecule has 0 bridgehead atoms. The molecule has 2 heterocycles. The predicted molar refractivity (Wildman–Crippen MR) is 98.1 cm³/mol. The highest BCUT2D eigenvalue weighted by molar-refractivity contribution is 6.31. The summed E-state index contributed by atoms with van der Waals surface area (Å²) < 4.78 is 18.4. The van der Waals surface area contributed by atoms with E-state index in [2.05, 4.69) is 30.6 Å². The maximum atomic E-state index is 13.3. The lowest BCUT2D eigenvalue weighted by Gasteiger charge is -2.13. The van der Waals surface area contributed by atoms with Gasteiger partial charge in [-0.25, -0.2) is 19.3 Å². The molecule has 0 aliphatic rings. The van der Waals surface area contributed by atoms with Crippen molar-refractivity contribution in [3.8, 4) is 11.1 Å². The molecular formula is C17H16ClFN6O. The summed E-state index contributed by atoms with van der Waals surface area (Å²) >= 11 is 5.81. The van der Waals surface area contributed by atoms with Crippen molar-refractivity contribution in [3.05, 3.63) is 54.0 Å². The third kappa shape index (κ3) is 4.41. The Balaban J connectivity index is 1.89. The van der Waals surface area contributed by atoms with Crippen molar-refractivity contribution in [2.75, 3.05) is 30.9 Å². The van der Waals surface area contributed by atoms with Crippen LogP contribution in [0.15, 0.2) is 43.1 Å². The first kappa shape index (κ1) is 18.0. The van der Waals surface area contributed by atoms with Crippen LogP contribution in [0, 0.1) is 5.82 Å². The molecule has 2 N–H and O–H groups in total. The van der Waals surface area contributed by atoms with Gasteiger partial charge < -0.3 is 15.4 Å². The van der Waals surface area contributed by atoms with Crippen LogP contribution in [0.3, 0.4) is 0 Å². The number of ether oxygens (including phenoxy) is 1. The first-order chi connectivity index (χ1) is 12.7. The van der Waals surface area contributed by atoms with E-state index in [1.54, 1.807) is 31.8 Å². The van der Waals surface area contributed by atoms with Gasteiger partial charge in [0.2, 0.25) is 5.95 Å². The van der Waals surface area contributed by atoms with E-state index in [0.717, 1.165) is 11.1 Å². The Labute approximate surface area is 154 Å². The lowest BCUT2D eigenvalue weighted by atomic mass is 10.1. The van der Waals surface area contributed by atoms with Gasteiger partial charge in [0.05, 0.1) is 11.6 Å². The molecule has 7 nitrogen and oxygen atoms in total. The highest BCUT2D eigenvalue weighted by Gasteiger charge is 2.11. The van der Waals surface area contributed by atoms with E-state index < -0.39 is 5.82 Å². The van der Waals surface area contributed by atoms with E-state index in [4.69, 9.17) is 16.3 Å². The molecule has 0 saturated heterocycles. The molecule has 0 aliphatic carbocycles. The summed E-state index contributed by atoms with van der Waals surface area (Å²) in [6.45, 7) is 1.08. The van der Waals surface area contributed by atoms with Crippen LogP contribution >= 0.6 is 11.6 Å². The zero-order valence-corrected chi connectivity index (χ0v) is 14.7. The smallest absolute Gasteiger partial charge is 0.229 e. The molecule has 2 aromatic heterocycles. The van der Waals surface area contributed by atoms with Gasteiger partial charge in [0.15, 0.2) is 0 Å². The predicted octanol–water partition coefficient (Wildman–Crippen LogP) is 3.53. The van der Waals surface area contributed by atoms with Crippen molar-refractivity contribution >= 4 is 29.1 Å². The van der Waals surface area contributed by atoms with E-state index in [0.29, 0.717) is 30.6 Å². The topological polar surface area (TPSA) is 84.9 Å². The molecule has 134 valence electrons. The van der Waals surface area contributed by atoms with E-state index >= 15 is 0 Å². The highest BCUT2D eigenvalue weighted by Crippen LogP contribution is 2.27. The number of hydrogen-bond donors (Lipinski definition) is 2. The summed E-state index contributed by atoms with van der Waals surface area (Å²) in [6, 6.07) is 4.30. The van der Waals surface area contributed by atoms with Crippen molar-refractivity contribution in [2.24, 2.45) is 0 Å². The zero-order chi connectivity index (χ0) is 18.4. The Morgan fingerprint density at radius 3 is 2.73 bits per heavy atom. The summed E-state index contributed by atoms with van der Waals surface area (Å²) in [7, 11) is 1.62. The lowest BCUT2D eigenvalue weighted by Crippen LogP contribution is -2.11. The van der Waals surface area contributed by atoms with Gasteiger partial charge in [-0.15, -0.1) is 0 Å². The number of halogens is 2. The maximum Gasteiger partial charge on any atom is 0.229 e. The number of nitrogens with zero attached hydrogens (tertiary/aromatic N) is 4. The number of aromatic nitrogens is 4. The van der Waals surface area contributed by atoms with Gasteiger partial charge >= 0.3 is 0 Å². The highest BCUT2D eigenvalue weighted by atomic mass is 35.5. The van der Waals surface area contributed by atoms with Gasteiger partial charge in [-0.1, -0.05) is 11.6 Å². The summed E-state index contributed by atoms with van der Waals surface area (Å²) in [6.07, 6.45) is 6.48. The fourth-order valence-electron chi connectivity index (χ4n) is 2.20. The minimum absolute atomic E-state index is 0.0199. The molecule has 0 spiro atoms. The Morgan fingerprint density at radius 2 is 2.00 bits per heavy atom. The number of methoxy groups -OCH3 is 1. The molecule has 0 aliphatic heterocycles. The minimum atomic E-state index is -0.487. The van der Waals surface area contributed by atoms with Crippen molar-refractivity contribution < 1.29 is 9.13 Å². The lowest BCUT2D eigenvalue weighted by molar-refractivity contribution is 0.210. The van der Waals surface area contributed by atoms with E-state index in [1.165, 1.54) is 18.5 Å². The monoisotopic (exact) mass is 374 g/mol. The summed E-state index contributed by atoms with van der Waals surface area (Å²) in [4.78, 5) is 16.8. The molecule has 0 unspecified atom stereocenters. The number of nitrogens with one attached hydrogen (secondary N) is 2. The average molecular weight is 375 g/mol. The molecular weight excluding hydrogens is 359 g/mol. The number of benzene rings is 1. The Bertz CT molecular complexity index is 880. The van der Waals surface area contributed by atoms with Crippen LogP contribution in [0.5, 0.6) is 0 Å². The summed E-state index contributed by atoms with van der Waals surface area (Å²) in [5.74, 6) is 0.454. The van der Waals surface area contributed by atoms with Crippen molar-refractivity contribution in [3.63, 3.8) is 0 Å². The van der Waals surface area contributed by atoms with Crippen LogP contribution in [0.4, 0.5) is 21.8 Å². The quantitative estimate of drug-likeness (QED) is 0.612. The SMILES string of the molecule is COCCNc1nc(Nc2ccc(F)c(Cl)c2)ncc1-c1cncnc1. The van der Waals surface area contributed by atoms with Crippen LogP contribution in [-0.4, -0.2) is 40.2 Å². The molecule has 3 aromatic rings. The van der Waals surface area contributed by atoms with Gasteiger partial charge in [0.25, 0.3) is 0 Å². The van der Waals surface area contributed by atoms with Gasteiger partial charge in [-0.05, 0) is 18.2 Å². The maximum absolute atomic E-state index is 13.3. The molecule has 26 heavy (non-hydrogen) atoms. The van der Waals surface area contributed by atoms with Crippen molar-refractivity contribution in [1.82, 2.24) is 19.9 Å². The Hall–Kier alpha value is -2.84. The standard InChI is InChI=1S/C17H16ClFN6O/c1-26-5-4-22-16-13(11-7-20-10-21-8-11)9-23-17(25-16)24-12-2-3-15(19)14(18)6-12/h2-3,6-10H,4-5H2,1H3,(H2,22,23,24,25). The first-order valence-corrected chi connectivity index (χ1v) is 8.12. The van der Waals surface area contributed by atoms with Gasteiger partial charge in [0.1, 0.15) is 18.0 Å². The van der Waals surface area contributed by atoms with Crippen molar-refractivity contribution in [1.29, 1.82) is 0 Å². The molecule has 0 radical (unpaired) electrons. The largest absolute Gasteiger partial charge is 0.383 e. The Kier molecular flexibility index (Phi) is 5.88. The second-order valence-corrected chi connectivity index (χ2v) is 5.66. The van der Waals surface area contributed by atoms with Crippen LogP contribution in [0.1, 0.15) is 0 Å². The van der Waals surface area contributed by atoms with Crippen LogP contribution in [0.2, 0.25) is 5.02 Å². The summed E-state index contributed by atoms with van der Waals surface area (Å²) in [5, 5.41) is 6.23. The normalized spacial score (nSPS) is 10.6. The molecule has 0 fully saturated rings. The van der Waals surface area contributed by atoms with Crippen LogP contribution in [-0.2, 0) is 4.74 Å². The van der Waals surface area contributed by atoms with Gasteiger partial charge in [-0.3, -0.25) is 0 Å².